The molecule has 0 bridgehead atoms. The molecule has 3 heterocycles. The van der Waals surface area contributed by atoms with Gasteiger partial charge in [-0.3, -0.25) is 9.36 Å². The molecule has 0 amide bonds. The first-order valence-electron chi connectivity index (χ1n) is 10.6. The quantitative estimate of drug-likeness (QED) is 0.454. The minimum atomic E-state index is -0.104. The zero-order valence-corrected chi connectivity index (χ0v) is 18.6. The highest BCUT2D eigenvalue weighted by Crippen LogP contribution is 2.27. The Kier molecular flexibility index (Phi) is 5.91. The van der Waals surface area contributed by atoms with Crippen molar-refractivity contribution in [2.24, 2.45) is 0 Å². The van der Waals surface area contributed by atoms with Crippen LogP contribution in [0.3, 0.4) is 0 Å². The summed E-state index contributed by atoms with van der Waals surface area (Å²) in [7, 11) is 0. The molecule has 164 valence electrons. The van der Waals surface area contributed by atoms with Crippen molar-refractivity contribution in [2.75, 3.05) is 37.0 Å². The fourth-order valence-electron chi connectivity index (χ4n) is 3.74. The summed E-state index contributed by atoms with van der Waals surface area (Å²) in [4.78, 5) is 22.0. The van der Waals surface area contributed by atoms with Gasteiger partial charge in [-0.15, -0.1) is 10.2 Å². The third-order valence-corrected chi connectivity index (χ3v) is 6.36. The lowest BCUT2D eigenvalue weighted by Crippen LogP contribution is -2.37. The normalized spacial score (nSPS) is 14.2. The summed E-state index contributed by atoms with van der Waals surface area (Å²) in [6, 6.07) is 15.8. The first kappa shape index (κ1) is 20.7. The van der Waals surface area contributed by atoms with Crippen LogP contribution in [0.25, 0.3) is 16.6 Å². The van der Waals surface area contributed by atoms with E-state index in [9.17, 15) is 4.79 Å². The number of morpholine rings is 1. The number of aromatic amines is 1. The molecule has 1 N–H and O–H groups in total. The minimum Gasteiger partial charge on any atom is -0.378 e. The number of hydrogen-bond acceptors (Lipinski definition) is 7. The number of rotatable bonds is 6. The van der Waals surface area contributed by atoms with Crippen molar-refractivity contribution in [2.45, 2.75) is 18.5 Å². The highest BCUT2D eigenvalue weighted by atomic mass is 32.2. The Labute approximate surface area is 189 Å². The van der Waals surface area contributed by atoms with Crippen LogP contribution in [-0.4, -0.2) is 56.8 Å². The van der Waals surface area contributed by atoms with Crippen molar-refractivity contribution in [3.8, 4) is 5.69 Å². The number of anilines is 1. The number of ether oxygens (including phenoxy) is 1. The molecule has 2 aromatic heterocycles. The topological polar surface area (TPSA) is 88.9 Å². The number of para-hydroxylation sites is 1. The summed E-state index contributed by atoms with van der Waals surface area (Å²) in [5.41, 5.74) is 2.85. The molecule has 2 aromatic carbocycles. The fraction of sp³-hybridized carbons (Fsp3) is 0.304. The Hall–Kier alpha value is -3.17. The predicted molar refractivity (Wildman–Crippen MR) is 126 cm³/mol. The summed E-state index contributed by atoms with van der Waals surface area (Å²) in [5, 5.41) is 10.4. The molecule has 0 atom stereocenters. The Bertz CT molecular complexity index is 1280. The van der Waals surface area contributed by atoms with Crippen LogP contribution in [-0.2, 0) is 11.2 Å². The summed E-state index contributed by atoms with van der Waals surface area (Å²) >= 11 is 1.61. The second-order valence-corrected chi connectivity index (χ2v) is 8.74. The molecular formula is C23H24N6O2S. The monoisotopic (exact) mass is 448 g/mol. The highest BCUT2D eigenvalue weighted by molar-refractivity contribution is 7.99. The average molecular weight is 449 g/mol. The van der Waals surface area contributed by atoms with Gasteiger partial charge in [0.1, 0.15) is 5.82 Å². The SMILES string of the molecule is Cc1ccc(-n2c(SCCc3nc4ccccc4c(=O)[nH]3)nnc2N2CCOCC2)cc1. The number of nitrogens with zero attached hydrogens (tertiary/aromatic N) is 5. The third kappa shape index (κ3) is 4.26. The number of aromatic nitrogens is 5. The van der Waals surface area contributed by atoms with E-state index in [1.165, 1.54) is 5.56 Å². The summed E-state index contributed by atoms with van der Waals surface area (Å²) < 4.78 is 7.61. The largest absolute Gasteiger partial charge is 0.378 e. The van der Waals surface area contributed by atoms with E-state index in [0.29, 0.717) is 42.1 Å². The fourth-order valence-corrected chi connectivity index (χ4v) is 4.63. The van der Waals surface area contributed by atoms with E-state index >= 15 is 0 Å². The maximum Gasteiger partial charge on any atom is 0.258 e. The summed E-state index contributed by atoms with van der Waals surface area (Å²) in [6.07, 6.45) is 0.623. The molecule has 0 spiro atoms. The van der Waals surface area contributed by atoms with Gasteiger partial charge in [0.25, 0.3) is 5.56 Å². The van der Waals surface area contributed by atoms with Gasteiger partial charge in [0.05, 0.1) is 29.8 Å². The van der Waals surface area contributed by atoms with E-state index in [2.05, 4.69) is 60.8 Å². The van der Waals surface area contributed by atoms with Crippen LogP contribution in [0.4, 0.5) is 5.95 Å². The van der Waals surface area contributed by atoms with Gasteiger partial charge in [-0.25, -0.2) is 4.98 Å². The Morgan fingerprint density at radius 3 is 2.66 bits per heavy atom. The molecule has 4 aromatic rings. The van der Waals surface area contributed by atoms with E-state index in [0.717, 1.165) is 29.9 Å². The molecular weight excluding hydrogens is 424 g/mol. The maximum absolute atomic E-state index is 12.3. The van der Waals surface area contributed by atoms with Crippen LogP contribution < -0.4 is 10.5 Å². The number of hydrogen-bond donors (Lipinski definition) is 1. The van der Waals surface area contributed by atoms with Crippen LogP contribution in [0.1, 0.15) is 11.4 Å². The molecule has 1 aliphatic heterocycles. The van der Waals surface area contributed by atoms with Crippen LogP contribution in [0, 0.1) is 6.92 Å². The molecule has 0 saturated carbocycles. The molecule has 5 rings (SSSR count). The van der Waals surface area contributed by atoms with Gasteiger partial charge >= 0.3 is 0 Å². The first-order valence-corrected chi connectivity index (χ1v) is 11.6. The zero-order chi connectivity index (χ0) is 21.9. The lowest BCUT2D eigenvalue weighted by Gasteiger charge is -2.28. The van der Waals surface area contributed by atoms with Gasteiger partial charge in [0.15, 0.2) is 5.16 Å². The van der Waals surface area contributed by atoms with Crippen molar-refractivity contribution < 1.29 is 4.74 Å². The number of H-pyrrole nitrogens is 1. The van der Waals surface area contributed by atoms with E-state index in [1.54, 1.807) is 17.8 Å². The number of nitrogens with one attached hydrogen (secondary N) is 1. The average Bonchev–Trinajstić information content (AvgIpc) is 3.24. The third-order valence-electron chi connectivity index (χ3n) is 5.43. The predicted octanol–water partition coefficient (Wildman–Crippen LogP) is 2.98. The lowest BCUT2D eigenvalue weighted by atomic mass is 10.2. The second kappa shape index (κ2) is 9.13. The van der Waals surface area contributed by atoms with E-state index < -0.39 is 0 Å². The molecule has 0 aliphatic carbocycles. The summed E-state index contributed by atoms with van der Waals surface area (Å²) in [6.45, 7) is 5.02. The van der Waals surface area contributed by atoms with E-state index in [1.807, 2.05) is 18.2 Å². The molecule has 0 radical (unpaired) electrons. The molecule has 9 heteroatoms. The van der Waals surface area contributed by atoms with Gasteiger partial charge in [-0.05, 0) is 31.2 Å². The Morgan fingerprint density at radius 2 is 1.84 bits per heavy atom. The number of thioether (sulfide) groups is 1. The van der Waals surface area contributed by atoms with Crippen molar-refractivity contribution >= 4 is 28.6 Å². The first-order chi connectivity index (χ1) is 15.7. The van der Waals surface area contributed by atoms with E-state index in [-0.39, 0.29) is 5.56 Å². The molecule has 32 heavy (non-hydrogen) atoms. The lowest BCUT2D eigenvalue weighted by molar-refractivity contribution is 0.122. The smallest absolute Gasteiger partial charge is 0.258 e. The van der Waals surface area contributed by atoms with Crippen LogP contribution in [0.15, 0.2) is 58.5 Å². The highest BCUT2D eigenvalue weighted by Gasteiger charge is 2.21. The van der Waals surface area contributed by atoms with Gasteiger partial charge in [-0.2, -0.15) is 0 Å². The second-order valence-electron chi connectivity index (χ2n) is 7.68. The van der Waals surface area contributed by atoms with Crippen molar-refractivity contribution in [3.05, 3.63) is 70.3 Å². The standard InChI is InChI=1S/C23H24N6O2S/c1-16-6-8-17(9-7-16)29-22(28-11-13-31-14-12-28)26-27-23(29)32-15-10-20-24-19-5-3-2-4-18(19)21(30)25-20/h2-9H,10-15H2,1H3,(H,24,25,30). The minimum absolute atomic E-state index is 0.104. The molecule has 1 saturated heterocycles. The van der Waals surface area contributed by atoms with Crippen molar-refractivity contribution in [3.63, 3.8) is 0 Å². The molecule has 1 aliphatic rings. The maximum atomic E-state index is 12.3. The van der Waals surface area contributed by atoms with Crippen LogP contribution in [0.5, 0.6) is 0 Å². The van der Waals surface area contributed by atoms with Gasteiger partial charge in [0.2, 0.25) is 5.95 Å². The molecule has 8 nitrogen and oxygen atoms in total. The van der Waals surface area contributed by atoms with Gasteiger partial charge in [-0.1, -0.05) is 41.6 Å². The summed E-state index contributed by atoms with van der Waals surface area (Å²) in [5.74, 6) is 2.22. The molecule has 1 fully saturated rings. The van der Waals surface area contributed by atoms with Gasteiger partial charge < -0.3 is 14.6 Å². The number of aryl methyl sites for hydroxylation is 2. The van der Waals surface area contributed by atoms with Gasteiger partial charge in [0, 0.05) is 25.3 Å². The van der Waals surface area contributed by atoms with Crippen molar-refractivity contribution in [1.82, 2.24) is 24.7 Å². The molecule has 0 unspecified atom stereocenters. The Balaban J connectivity index is 1.39. The Morgan fingerprint density at radius 1 is 1.06 bits per heavy atom. The van der Waals surface area contributed by atoms with E-state index in [4.69, 9.17) is 4.74 Å². The van der Waals surface area contributed by atoms with Crippen molar-refractivity contribution in [1.29, 1.82) is 0 Å². The number of fused-ring (bicyclic) bond motifs is 1. The zero-order valence-electron chi connectivity index (χ0n) is 17.8. The van der Waals surface area contributed by atoms with Crippen LogP contribution >= 0.6 is 11.8 Å². The number of benzene rings is 2. The van der Waals surface area contributed by atoms with Crippen LogP contribution in [0.2, 0.25) is 0 Å².